The van der Waals surface area contributed by atoms with Crippen LogP contribution in [0.5, 0.6) is 11.5 Å². The topological polar surface area (TPSA) is 41.9 Å². The quantitative estimate of drug-likeness (QED) is 0.837. The van der Waals surface area contributed by atoms with Crippen molar-refractivity contribution in [2.45, 2.75) is 45.3 Å². The number of methoxy groups -OCH3 is 1. The molecule has 0 radical (unpaired) electrons. The second kappa shape index (κ2) is 8.94. The van der Waals surface area contributed by atoms with Crippen LogP contribution in [0, 0.1) is 0 Å². The molecule has 1 aromatic carbocycles. The number of aliphatic hydroxyl groups excluding tert-OH is 1. The smallest absolute Gasteiger partial charge is 0.161 e. The molecule has 1 aliphatic heterocycles. The van der Waals surface area contributed by atoms with Gasteiger partial charge in [0.05, 0.1) is 7.11 Å². The van der Waals surface area contributed by atoms with Crippen molar-refractivity contribution in [2.75, 3.05) is 26.8 Å². The molecule has 2 rings (SSSR count). The number of benzene rings is 1. The molecular weight excluding hydrogens is 290 g/mol. The Balaban J connectivity index is 1.89. The summed E-state index contributed by atoms with van der Waals surface area (Å²) in [7, 11) is 1.63. The molecule has 1 heterocycles. The van der Waals surface area contributed by atoms with E-state index in [0.717, 1.165) is 12.1 Å². The zero-order valence-electron chi connectivity index (χ0n) is 14.5. The normalized spacial score (nSPS) is 20.6. The second-order valence-electron chi connectivity index (χ2n) is 6.21. The summed E-state index contributed by atoms with van der Waals surface area (Å²) in [5.74, 6) is 1.37. The van der Waals surface area contributed by atoms with E-state index in [0.29, 0.717) is 24.1 Å². The summed E-state index contributed by atoms with van der Waals surface area (Å²) in [6.07, 6.45) is 7.24. The van der Waals surface area contributed by atoms with Gasteiger partial charge >= 0.3 is 0 Å². The van der Waals surface area contributed by atoms with Crippen LogP contribution in [0.1, 0.15) is 38.7 Å². The highest BCUT2D eigenvalue weighted by Crippen LogP contribution is 2.28. The van der Waals surface area contributed by atoms with Crippen LogP contribution in [0.3, 0.4) is 0 Å². The van der Waals surface area contributed by atoms with Gasteiger partial charge < -0.3 is 14.6 Å². The number of nitrogens with zero attached hydrogens (tertiary/aromatic N) is 1. The Hall–Kier alpha value is -1.52. The molecule has 4 nitrogen and oxygen atoms in total. The van der Waals surface area contributed by atoms with Crippen LogP contribution in [-0.2, 0) is 0 Å². The first-order chi connectivity index (χ1) is 11.1. The van der Waals surface area contributed by atoms with Crippen molar-refractivity contribution in [1.29, 1.82) is 0 Å². The lowest BCUT2D eigenvalue weighted by Crippen LogP contribution is -2.43. The first kappa shape index (κ1) is 17.8. The van der Waals surface area contributed by atoms with Crippen molar-refractivity contribution < 1.29 is 14.6 Å². The van der Waals surface area contributed by atoms with Gasteiger partial charge in [0.15, 0.2) is 11.5 Å². The maximum atomic E-state index is 10.3. The Morgan fingerprint density at radius 3 is 2.87 bits per heavy atom. The average Bonchev–Trinajstić information content (AvgIpc) is 2.56. The number of hydrogen-bond donors (Lipinski definition) is 1. The van der Waals surface area contributed by atoms with E-state index >= 15 is 0 Å². The number of likely N-dealkylation sites (tertiary alicyclic amines) is 1. The van der Waals surface area contributed by atoms with Crippen molar-refractivity contribution >= 4 is 6.08 Å². The number of rotatable bonds is 7. The molecule has 1 N–H and O–H groups in total. The minimum absolute atomic E-state index is 0.280. The largest absolute Gasteiger partial charge is 0.493 e. The fourth-order valence-electron chi connectivity index (χ4n) is 3.04. The van der Waals surface area contributed by atoms with Gasteiger partial charge in [-0.25, -0.2) is 0 Å². The summed E-state index contributed by atoms with van der Waals surface area (Å²) in [4.78, 5) is 2.35. The van der Waals surface area contributed by atoms with Crippen LogP contribution in [-0.4, -0.2) is 49.0 Å². The van der Waals surface area contributed by atoms with E-state index in [2.05, 4.69) is 11.8 Å². The molecule has 23 heavy (non-hydrogen) atoms. The zero-order valence-corrected chi connectivity index (χ0v) is 14.5. The third-order valence-electron chi connectivity index (χ3n) is 4.36. The molecule has 0 spiro atoms. The van der Waals surface area contributed by atoms with Crippen LogP contribution in [0.2, 0.25) is 0 Å². The molecule has 0 bridgehead atoms. The van der Waals surface area contributed by atoms with E-state index in [1.807, 2.05) is 37.3 Å². The van der Waals surface area contributed by atoms with Crippen molar-refractivity contribution in [2.24, 2.45) is 0 Å². The summed E-state index contributed by atoms with van der Waals surface area (Å²) < 4.78 is 11.2. The molecule has 2 atom stereocenters. The molecule has 1 fully saturated rings. The van der Waals surface area contributed by atoms with E-state index < -0.39 is 6.10 Å². The highest BCUT2D eigenvalue weighted by atomic mass is 16.5. The van der Waals surface area contributed by atoms with Crippen molar-refractivity contribution in [3.8, 4) is 11.5 Å². The van der Waals surface area contributed by atoms with Gasteiger partial charge in [-0.1, -0.05) is 24.6 Å². The minimum atomic E-state index is -0.490. The van der Waals surface area contributed by atoms with Gasteiger partial charge in [-0.05, 0) is 50.9 Å². The molecule has 1 aromatic rings. The fraction of sp³-hybridized carbons (Fsp3) is 0.579. The maximum absolute atomic E-state index is 10.3. The molecule has 1 aliphatic rings. The summed E-state index contributed by atoms with van der Waals surface area (Å²) in [5.41, 5.74) is 1.07. The van der Waals surface area contributed by atoms with Gasteiger partial charge in [0.2, 0.25) is 0 Å². The van der Waals surface area contributed by atoms with Crippen LogP contribution >= 0.6 is 0 Å². The van der Waals surface area contributed by atoms with Crippen molar-refractivity contribution in [3.63, 3.8) is 0 Å². The van der Waals surface area contributed by atoms with E-state index in [4.69, 9.17) is 9.47 Å². The third-order valence-corrected chi connectivity index (χ3v) is 4.36. The van der Waals surface area contributed by atoms with Gasteiger partial charge in [-0.15, -0.1) is 0 Å². The first-order valence-corrected chi connectivity index (χ1v) is 8.49. The third kappa shape index (κ3) is 5.26. The van der Waals surface area contributed by atoms with E-state index in [-0.39, 0.29) is 6.61 Å². The second-order valence-corrected chi connectivity index (χ2v) is 6.21. The van der Waals surface area contributed by atoms with Crippen LogP contribution < -0.4 is 9.47 Å². The van der Waals surface area contributed by atoms with E-state index in [1.54, 1.807) is 7.11 Å². The number of β-amino-alcohol motifs (C(OH)–C–C–N with tert-alkyl or cyclic N) is 1. The van der Waals surface area contributed by atoms with Gasteiger partial charge in [0.1, 0.15) is 12.7 Å². The zero-order chi connectivity index (χ0) is 16.7. The lowest BCUT2D eigenvalue weighted by molar-refractivity contribution is 0.0431. The molecule has 0 unspecified atom stereocenters. The number of hydrogen-bond acceptors (Lipinski definition) is 4. The molecule has 0 aliphatic carbocycles. The predicted octanol–water partition coefficient (Wildman–Crippen LogP) is 3.34. The Morgan fingerprint density at radius 2 is 2.17 bits per heavy atom. The minimum Gasteiger partial charge on any atom is -0.493 e. The molecule has 0 aromatic heterocycles. The Morgan fingerprint density at radius 1 is 1.35 bits per heavy atom. The summed E-state index contributed by atoms with van der Waals surface area (Å²) in [6, 6.07) is 6.36. The van der Waals surface area contributed by atoms with Gasteiger partial charge in [0, 0.05) is 12.6 Å². The molecule has 4 heteroatoms. The predicted molar refractivity (Wildman–Crippen MR) is 94.1 cm³/mol. The molecular formula is C19H29NO3. The van der Waals surface area contributed by atoms with E-state index in [9.17, 15) is 5.11 Å². The number of aliphatic hydroxyl groups is 1. The summed E-state index contributed by atoms with van der Waals surface area (Å²) in [6.45, 7) is 6.23. The fourth-order valence-corrected chi connectivity index (χ4v) is 3.04. The Kier molecular flexibility index (Phi) is 6.93. The monoisotopic (exact) mass is 319 g/mol. The van der Waals surface area contributed by atoms with Gasteiger partial charge in [-0.3, -0.25) is 4.90 Å². The molecule has 0 amide bonds. The molecule has 128 valence electrons. The average molecular weight is 319 g/mol. The number of allylic oxidation sites excluding steroid dienone is 1. The van der Waals surface area contributed by atoms with Crippen LogP contribution in [0.25, 0.3) is 6.08 Å². The summed E-state index contributed by atoms with van der Waals surface area (Å²) in [5, 5.41) is 10.3. The SMILES string of the molecule is C/C=C/c1ccc(OC[C@H](O)CN2CCCC[C@@H]2C)c(OC)c1. The highest BCUT2D eigenvalue weighted by molar-refractivity contribution is 5.55. The van der Waals surface area contributed by atoms with Gasteiger partial charge in [0.25, 0.3) is 0 Å². The molecule has 0 saturated carbocycles. The van der Waals surface area contributed by atoms with Crippen LogP contribution in [0.15, 0.2) is 24.3 Å². The van der Waals surface area contributed by atoms with Gasteiger partial charge in [-0.2, -0.15) is 0 Å². The lowest BCUT2D eigenvalue weighted by Gasteiger charge is -2.34. The molecule has 1 saturated heterocycles. The number of ether oxygens (including phenoxy) is 2. The number of piperidine rings is 1. The van der Waals surface area contributed by atoms with Crippen molar-refractivity contribution in [1.82, 2.24) is 4.90 Å². The van der Waals surface area contributed by atoms with Crippen LogP contribution in [0.4, 0.5) is 0 Å². The summed E-state index contributed by atoms with van der Waals surface area (Å²) >= 11 is 0. The highest BCUT2D eigenvalue weighted by Gasteiger charge is 2.21. The van der Waals surface area contributed by atoms with E-state index in [1.165, 1.54) is 19.3 Å². The first-order valence-electron chi connectivity index (χ1n) is 8.49. The van der Waals surface area contributed by atoms with Crippen molar-refractivity contribution in [3.05, 3.63) is 29.8 Å². The lowest BCUT2D eigenvalue weighted by atomic mass is 10.0. The standard InChI is InChI=1S/C19H29NO3/c1-4-7-16-9-10-18(19(12-16)22-3)23-14-17(21)13-20-11-6-5-8-15(20)2/h4,7,9-10,12,15,17,21H,5-6,8,11,13-14H2,1-3H3/b7-4+/t15-,17+/m0/s1. The Labute approximate surface area is 139 Å². The Bertz CT molecular complexity index is 515. The maximum Gasteiger partial charge on any atom is 0.161 e.